The lowest BCUT2D eigenvalue weighted by atomic mass is 9.93. The summed E-state index contributed by atoms with van der Waals surface area (Å²) in [5.74, 6) is -1.10. The fourth-order valence-electron chi connectivity index (χ4n) is 2.49. The molecule has 0 radical (unpaired) electrons. The van der Waals surface area contributed by atoms with Crippen LogP contribution in [0.25, 0.3) is 0 Å². The van der Waals surface area contributed by atoms with Gasteiger partial charge in [0.1, 0.15) is 6.54 Å². The van der Waals surface area contributed by atoms with Crippen molar-refractivity contribution in [2.75, 3.05) is 0 Å². The van der Waals surface area contributed by atoms with Crippen LogP contribution in [0.2, 0.25) is 0 Å². The number of carboxylic acid groups (broad SMARTS) is 1. The maximum Gasteiger partial charge on any atom is 0.305 e. The minimum atomic E-state index is -0.877. The molecule has 1 saturated carbocycles. The van der Waals surface area contributed by atoms with E-state index in [-0.39, 0.29) is 18.9 Å². The Hall–Kier alpha value is -1.92. The second-order valence-electron chi connectivity index (χ2n) is 4.71. The van der Waals surface area contributed by atoms with Gasteiger partial charge >= 0.3 is 5.97 Å². The third-order valence-corrected chi connectivity index (χ3v) is 3.23. The van der Waals surface area contributed by atoms with Crippen LogP contribution in [0.5, 0.6) is 0 Å². The highest BCUT2D eigenvalue weighted by Crippen LogP contribution is 2.32. The molecule has 0 saturated heterocycles. The molecule has 1 aliphatic rings. The van der Waals surface area contributed by atoms with Crippen LogP contribution in [0.1, 0.15) is 32.1 Å². The molecule has 2 N–H and O–H groups in total. The molecule has 0 spiro atoms. The highest BCUT2D eigenvalue weighted by Gasteiger charge is 2.37. The first kappa shape index (κ1) is 12.5. The van der Waals surface area contributed by atoms with E-state index in [4.69, 9.17) is 5.11 Å². The number of carbonyl (C=O) groups is 2. The molecule has 7 nitrogen and oxygen atoms in total. The maximum atomic E-state index is 11.9. The Morgan fingerprint density at radius 2 is 2.11 bits per heavy atom. The number of carbonyl (C=O) groups excluding carboxylic acids is 1. The molecule has 0 bridgehead atoms. The molecule has 0 atom stereocenters. The summed E-state index contributed by atoms with van der Waals surface area (Å²) in [4.78, 5) is 22.7. The topological polar surface area (TPSA) is 97.1 Å². The van der Waals surface area contributed by atoms with Crippen LogP contribution in [0.15, 0.2) is 12.4 Å². The summed E-state index contributed by atoms with van der Waals surface area (Å²) in [5.41, 5.74) is -0.580. The van der Waals surface area contributed by atoms with Crippen molar-refractivity contribution >= 4 is 11.9 Å². The summed E-state index contributed by atoms with van der Waals surface area (Å²) >= 11 is 0. The van der Waals surface area contributed by atoms with Gasteiger partial charge in [-0.15, -0.1) is 5.10 Å². The van der Waals surface area contributed by atoms with Crippen LogP contribution in [-0.2, 0) is 16.1 Å². The van der Waals surface area contributed by atoms with E-state index in [1.165, 1.54) is 10.9 Å². The van der Waals surface area contributed by atoms with Gasteiger partial charge in [-0.3, -0.25) is 9.59 Å². The minimum absolute atomic E-state index is 0.0178. The summed E-state index contributed by atoms with van der Waals surface area (Å²) in [5, 5.41) is 19.1. The molecule has 18 heavy (non-hydrogen) atoms. The Morgan fingerprint density at radius 3 is 2.67 bits per heavy atom. The molecule has 1 fully saturated rings. The summed E-state index contributed by atoms with van der Waals surface area (Å²) in [6.45, 7) is 0.0708. The molecule has 2 rings (SSSR count). The van der Waals surface area contributed by atoms with Gasteiger partial charge in [-0.05, 0) is 12.8 Å². The van der Waals surface area contributed by atoms with E-state index in [2.05, 4.69) is 15.6 Å². The van der Waals surface area contributed by atoms with Crippen LogP contribution < -0.4 is 5.32 Å². The number of nitrogens with zero attached hydrogens (tertiary/aromatic N) is 3. The van der Waals surface area contributed by atoms with Crippen molar-refractivity contribution in [1.29, 1.82) is 0 Å². The number of amides is 1. The van der Waals surface area contributed by atoms with Gasteiger partial charge < -0.3 is 10.4 Å². The molecule has 0 aromatic carbocycles. The predicted molar refractivity (Wildman–Crippen MR) is 61.6 cm³/mol. The van der Waals surface area contributed by atoms with Crippen molar-refractivity contribution in [2.24, 2.45) is 0 Å². The van der Waals surface area contributed by atoms with E-state index < -0.39 is 11.5 Å². The molecule has 1 heterocycles. The van der Waals surface area contributed by atoms with Crippen molar-refractivity contribution in [2.45, 2.75) is 44.2 Å². The van der Waals surface area contributed by atoms with Gasteiger partial charge in [0.15, 0.2) is 0 Å². The second kappa shape index (κ2) is 5.16. The van der Waals surface area contributed by atoms with Gasteiger partial charge in [-0.25, -0.2) is 4.68 Å². The van der Waals surface area contributed by atoms with Crippen molar-refractivity contribution in [1.82, 2.24) is 20.3 Å². The molecule has 1 aliphatic carbocycles. The van der Waals surface area contributed by atoms with Crippen LogP contribution in [0.4, 0.5) is 0 Å². The summed E-state index contributed by atoms with van der Waals surface area (Å²) in [6, 6.07) is 0. The zero-order valence-corrected chi connectivity index (χ0v) is 10.0. The molecule has 1 aromatic rings. The van der Waals surface area contributed by atoms with Gasteiger partial charge in [0.2, 0.25) is 5.91 Å². The first-order chi connectivity index (χ1) is 8.60. The Kier molecular flexibility index (Phi) is 3.59. The fraction of sp³-hybridized carbons (Fsp3) is 0.636. The van der Waals surface area contributed by atoms with Gasteiger partial charge in [0.25, 0.3) is 0 Å². The average molecular weight is 252 g/mol. The third-order valence-electron chi connectivity index (χ3n) is 3.23. The van der Waals surface area contributed by atoms with Crippen LogP contribution >= 0.6 is 0 Å². The lowest BCUT2D eigenvalue weighted by Crippen LogP contribution is -2.48. The Labute approximate surface area is 104 Å². The largest absolute Gasteiger partial charge is 0.481 e. The van der Waals surface area contributed by atoms with E-state index >= 15 is 0 Å². The van der Waals surface area contributed by atoms with E-state index in [9.17, 15) is 9.59 Å². The number of rotatable bonds is 5. The molecule has 0 unspecified atom stereocenters. The zero-order chi connectivity index (χ0) is 13.0. The third kappa shape index (κ3) is 3.06. The second-order valence-corrected chi connectivity index (χ2v) is 4.71. The monoisotopic (exact) mass is 252 g/mol. The van der Waals surface area contributed by atoms with Crippen molar-refractivity contribution < 1.29 is 14.7 Å². The Bertz CT molecular complexity index is 424. The quantitative estimate of drug-likeness (QED) is 0.779. The highest BCUT2D eigenvalue weighted by atomic mass is 16.4. The number of hydrogen-bond donors (Lipinski definition) is 2. The molecule has 1 aromatic heterocycles. The fourth-order valence-corrected chi connectivity index (χ4v) is 2.49. The van der Waals surface area contributed by atoms with Gasteiger partial charge in [0, 0.05) is 6.20 Å². The van der Waals surface area contributed by atoms with Gasteiger partial charge in [-0.2, -0.15) is 0 Å². The highest BCUT2D eigenvalue weighted by molar-refractivity contribution is 5.78. The standard InChI is InChI=1S/C11H16N4O3/c16-9(8-15-6-5-12-14-15)13-11(7-10(17)18)3-1-2-4-11/h5-6H,1-4,7-8H2,(H,13,16)(H,17,18). The summed E-state index contributed by atoms with van der Waals surface area (Å²) < 4.78 is 1.42. The Balaban J connectivity index is 1.96. The lowest BCUT2D eigenvalue weighted by Gasteiger charge is -2.28. The summed E-state index contributed by atoms with van der Waals surface area (Å²) in [7, 11) is 0. The minimum Gasteiger partial charge on any atom is -0.481 e. The van der Waals surface area contributed by atoms with Gasteiger partial charge in [0.05, 0.1) is 18.2 Å². The smallest absolute Gasteiger partial charge is 0.305 e. The first-order valence-electron chi connectivity index (χ1n) is 5.97. The Morgan fingerprint density at radius 1 is 1.39 bits per heavy atom. The van der Waals surface area contributed by atoms with E-state index in [0.29, 0.717) is 0 Å². The number of nitrogens with one attached hydrogen (secondary N) is 1. The molecule has 0 aliphatic heterocycles. The van der Waals surface area contributed by atoms with Gasteiger partial charge in [-0.1, -0.05) is 18.1 Å². The molecular formula is C11H16N4O3. The number of aliphatic carboxylic acids is 1. The maximum absolute atomic E-state index is 11.9. The summed E-state index contributed by atoms with van der Waals surface area (Å²) in [6.07, 6.45) is 6.43. The first-order valence-corrected chi connectivity index (χ1v) is 5.97. The molecule has 98 valence electrons. The number of carboxylic acids is 1. The molecular weight excluding hydrogens is 236 g/mol. The van der Waals surface area contributed by atoms with Crippen molar-refractivity contribution in [3.63, 3.8) is 0 Å². The van der Waals surface area contributed by atoms with Crippen LogP contribution in [0, 0.1) is 0 Å². The lowest BCUT2D eigenvalue weighted by molar-refractivity contribution is -0.139. The predicted octanol–water partition coefficient (Wildman–Crippen LogP) is 0.182. The molecule has 7 heteroatoms. The van der Waals surface area contributed by atoms with Crippen molar-refractivity contribution in [3.8, 4) is 0 Å². The number of aromatic nitrogens is 3. The average Bonchev–Trinajstić information content (AvgIpc) is 2.89. The van der Waals surface area contributed by atoms with Crippen molar-refractivity contribution in [3.05, 3.63) is 12.4 Å². The van der Waals surface area contributed by atoms with E-state index in [1.54, 1.807) is 6.20 Å². The number of hydrogen-bond acceptors (Lipinski definition) is 4. The van der Waals surface area contributed by atoms with Crippen LogP contribution in [-0.4, -0.2) is 37.5 Å². The van der Waals surface area contributed by atoms with E-state index in [1.807, 2.05) is 0 Å². The van der Waals surface area contributed by atoms with Crippen LogP contribution in [0.3, 0.4) is 0 Å². The SMILES string of the molecule is O=C(O)CC1(NC(=O)Cn2ccnn2)CCCC1. The zero-order valence-electron chi connectivity index (χ0n) is 10.0. The normalized spacial score (nSPS) is 17.6. The molecule has 1 amide bonds. The van der Waals surface area contributed by atoms with E-state index in [0.717, 1.165) is 25.7 Å².